The first kappa shape index (κ1) is 19.1. The maximum Gasteiger partial charge on any atom is 0.343 e. The normalized spacial score (nSPS) is 10.6. The van der Waals surface area contributed by atoms with E-state index < -0.39 is 5.97 Å². The van der Waals surface area contributed by atoms with Crippen molar-refractivity contribution in [1.29, 1.82) is 0 Å². The van der Waals surface area contributed by atoms with Gasteiger partial charge in [0, 0.05) is 6.07 Å². The highest BCUT2D eigenvalue weighted by Gasteiger charge is 2.16. The highest BCUT2D eigenvalue weighted by molar-refractivity contribution is 6.09. The first-order chi connectivity index (χ1) is 13.6. The predicted octanol–water partition coefficient (Wildman–Crippen LogP) is 5.12. The van der Waals surface area contributed by atoms with Gasteiger partial charge in [-0.3, -0.25) is 4.79 Å². The van der Waals surface area contributed by atoms with Crippen LogP contribution in [0.4, 0.5) is 0 Å². The molecule has 0 aliphatic rings. The smallest absolute Gasteiger partial charge is 0.343 e. The van der Waals surface area contributed by atoms with Crippen LogP contribution in [0.15, 0.2) is 78.9 Å². The third kappa shape index (κ3) is 4.74. The predicted molar refractivity (Wildman–Crippen MR) is 109 cm³/mol. The molecule has 4 heteroatoms. The summed E-state index contributed by atoms with van der Waals surface area (Å²) in [6.45, 7) is 2.00. The summed E-state index contributed by atoms with van der Waals surface area (Å²) in [4.78, 5) is 25.1. The molecule has 0 aromatic heterocycles. The summed E-state index contributed by atoms with van der Waals surface area (Å²) in [7, 11) is 1.51. The summed E-state index contributed by atoms with van der Waals surface area (Å²) in [5.41, 5.74) is 2.75. The highest BCUT2D eigenvalue weighted by Crippen LogP contribution is 2.27. The van der Waals surface area contributed by atoms with E-state index in [0.717, 1.165) is 11.1 Å². The number of rotatable bonds is 6. The molecule has 0 amide bonds. The minimum atomic E-state index is -0.537. The molecule has 0 bridgehead atoms. The number of benzene rings is 3. The van der Waals surface area contributed by atoms with Gasteiger partial charge in [-0.25, -0.2) is 4.79 Å². The summed E-state index contributed by atoms with van der Waals surface area (Å²) in [5.74, 6) is -0.147. The van der Waals surface area contributed by atoms with Crippen molar-refractivity contribution in [2.24, 2.45) is 0 Å². The second-order valence-corrected chi connectivity index (χ2v) is 6.23. The van der Waals surface area contributed by atoms with Gasteiger partial charge in [0.15, 0.2) is 5.78 Å². The van der Waals surface area contributed by atoms with E-state index in [1.807, 2.05) is 37.3 Å². The quantitative estimate of drug-likeness (QED) is 0.261. The van der Waals surface area contributed by atoms with Crippen LogP contribution in [-0.2, 0) is 0 Å². The molecule has 0 heterocycles. The van der Waals surface area contributed by atoms with Crippen LogP contribution in [-0.4, -0.2) is 18.9 Å². The van der Waals surface area contributed by atoms with Crippen molar-refractivity contribution in [3.8, 4) is 11.5 Å². The molecule has 0 saturated heterocycles. The van der Waals surface area contributed by atoms with Crippen molar-refractivity contribution in [2.45, 2.75) is 6.92 Å². The van der Waals surface area contributed by atoms with Crippen LogP contribution in [0, 0.1) is 6.92 Å². The Kier molecular flexibility index (Phi) is 6.02. The number of ether oxygens (including phenoxy) is 2. The molecule has 140 valence electrons. The fourth-order valence-corrected chi connectivity index (χ4v) is 2.59. The largest absolute Gasteiger partial charge is 0.497 e. The topological polar surface area (TPSA) is 52.6 Å². The van der Waals surface area contributed by atoms with Gasteiger partial charge in [-0.2, -0.15) is 0 Å². The van der Waals surface area contributed by atoms with Gasteiger partial charge in [0.2, 0.25) is 0 Å². The zero-order chi connectivity index (χ0) is 19.9. The first-order valence-electron chi connectivity index (χ1n) is 8.81. The molecule has 3 rings (SSSR count). The Morgan fingerprint density at radius 1 is 0.893 bits per heavy atom. The molecular formula is C24H20O4. The SMILES string of the molecule is COc1ccc(C(=O)/C=C/c2ccc(C)cc2)c(OC(=O)c2ccccc2)c1. The molecule has 3 aromatic rings. The van der Waals surface area contributed by atoms with E-state index in [2.05, 4.69) is 0 Å². The Morgan fingerprint density at radius 2 is 1.61 bits per heavy atom. The number of methoxy groups -OCH3 is 1. The monoisotopic (exact) mass is 372 g/mol. The van der Waals surface area contributed by atoms with Gasteiger partial charge in [0.1, 0.15) is 11.5 Å². The molecule has 0 aliphatic carbocycles. The molecular weight excluding hydrogens is 352 g/mol. The zero-order valence-corrected chi connectivity index (χ0v) is 15.7. The van der Waals surface area contributed by atoms with Gasteiger partial charge < -0.3 is 9.47 Å². The van der Waals surface area contributed by atoms with Crippen LogP contribution >= 0.6 is 0 Å². The fourth-order valence-electron chi connectivity index (χ4n) is 2.59. The van der Waals surface area contributed by atoms with Gasteiger partial charge >= 0.3 is 5.97 Å². The van der Waals surface area contributed by atoms with E-state index >= 15 is 0 Å². The lowest BCUT2D eigenvalue weighted by atomic mass is 10.1. The molecule has 4 nitrogen and oxygen atoms in total. The Balaban J connectivity index is 1.86. The molecule has 0 saturated carbocycles. The van der Waals surface area contributed by atoms with E-state index in [1.54, 1.807) is 42.5 Å². The number of hydrogen-bond donors (Lipinski definition) is 0. The zero-order valence-electron chi connectivity index (χ0n) is 15.7. The van der Waals surface area contributed by atoms with Crippen LogP contribution in [0.2, 0.25) is 0 Å². The second-order valence-electron chi connectivity index (χ2n) is 6.23. The Hall–Kier alpha value is -3.66. The van der Waals surface area contributed by atoms with Gasteiger partial charge in [-0.05, 0) is 42.8 Å². The van der Waals surface area contributed by atoms with Crippen molar-refractivity contribution in [3.63, 3.8) is 0 Å². The molecule has 0 aliphatic heterocycles. The summed E-state index contributed by atoms with van der Waals surface area (Å²) >= 11 is 0. The number of carbonyl (C=O) groups is 2. The third-order valence-corrected chi connectivity index (χ3v) is 4.17. The van der Waals surface area contributed by atoms with E-state index in [0.29, 0.717) is 11.3 Å². The number of hydrogen-bond acceptors (Lipinski definition) is 4. The van der Waals surface area contributed by atoms with Crippen LogP contribution in [0.25, 0.3) is 6.08 Å². The number of esters is 1. The van der Waals surface area contributed by atoms with Crippen LogP contribution < -0.4 is 9.47 Å². The first-order valence-corrected chi connectivity index (χ1v) is 8.81. The highest BCUT2D eigenvalue weighted by atomic mass is 16.5. The van der Waals surface area contributed by atoms with Crippen molar-refractivity contribution < 1.29 is 19.1 Å². The van der Waals surface area contributed by atoms with E-state index in [9.17, 15) is 9.59 Å². The lowest BCUT2D eigenvalue weighted by Gasteiger charge is -2.10. The lowest BCUT2D eigenvalue weighted by molar-refractivity contribution is 0.0733. The van der Waals surface area contributed by atoms with E-state index in [-0.39, 0.29) is 17.1 Å². The number of ketones is 1. The van der Waals surface area contributed by atoms with E-state index in [4.69, 9.17) is 9.47 Å². The maximum atomic E-state index is 12.7. The molecule has 0 atom stereocenters. The second kappa shape index (κ2) is 8.82. The fraction of sp³-hybridized carbons (Fsp3) is 0.0833. The van der Waals surface area contributed by atoms with E-state index in [1.165, 1.54) is 19.3 Å². The number of carbonyl (C=O) groups excluding carboxylic acids is 2. The Morgan fingerprint density at radius 3 is 2.29 bits per heavy atom. The van der Waals surface area contributed by atoms with Crippen LogP contribution in [0.5, 0.6) is 11.5 Å². The summed E-state index contributed by atoms with van der Waals surface area (Å²) in [5, 5.41) is 0. The molecule has 0 N–H and O–H groups in total. The van der Waals surface area contributed by atoms with Gasteiger partial charge in [-0.1, -0.05) is 54.1 Å². The van der Waals surface area contributed by atoms with Crippen LogP contribution in [0.1, 0.15) is 31.8 Å². The standard InChI is InChI=1S/C24H20O4/c1-17-8-10-18(11-9-17)12-15-22(25)21-14-13-20(27-2)16-23(21)28-24(26)19-6-4-3-5-7-19/h3-16H,1-2H3/b15-12+. The average molecular weight is 372 g/mol. The Bertz CT molecular complexity index is 1000. The molecule has 0 spiro atoms. The van der Waals surface area contributed by atoms with Gasteiger partial charge in [-0.15, -0.1) is 0 Å². The van der Waals surface area contributed by atoms with Crippen molar-refractivity contribution in [1.82, 2.24) is 0 Å². The van der Waals surface area contributed by atoms with Crippen LogP contribution in [0.3, 0.4) is 0 Å². The minimum absolute atomic E-state index is 0.159. The van der Waals surface area contributed by atoms with Crippen molar-refractivity contribution in [3.05, 3.63) is 101 Å². The third-order valence-electron chi connectivity index (χ3n) is 4.17. The van der Waals surface area contributed by atoms with Crippen molar-refractivity contribution in [2.75, 3.05) is 7.11 Å². The summed E-state index contributed by atoms with van der Waals surface area (Å²) in [6, 6.07) is 21.2. The Labute approximate surface area is 164 Å². The molecule has 0 radical (unpaired) electrons. The molecule has 0 unspecified atom stereocenters. The molecule has 0 fully saturated rings. The number of allylic oxidation sites excluding steroid dienone is 1. The van der Waals surface area contributed by atoms with Gasteiger partial charge in [0.05, 0.1) is 18.2 Å². The molecule has 3 aromatic carbocycles. The summed E-state index contributed by atoms with van der Waals surface area (Å²) < 4.78 is 10.7. The molecule has 28 heavy (non-hydrogen) atoms. The van der Waals surface area contributed by atoms with Gasteiger partial charge in [0.25, 0.3) is 0 Å². The van der Waals surface area contributed by atoms with Crippen molar-refractivity contribution >= 4 is 17.8 Å². The average Bonchev–Trinajstić information content (AvgIpc) is 2.73. The maximum absolute atomic E-state index is 12.7. The summed E-state index contributed by atoms with van der Waals surface area (Å²) in [6.07, 6.45) is 3.20. The minimum Gasteiger partial charge on any atom is -0.497 e. The number of aryl methyl sites for hydroxylation is 1. The lowest BCUT2D eigenvalue weighted by Crippen LogP contribution is -2.11.